The summed E-state index contributed by atoms with van der Waals surface area (Å²) >= 11 is 0. The van der Waals surface area contributed by atoms with Gasteiger partial charge in [0, 0.05) is 0 Å². The van der Waals surface area contributed by atoms with Crippen molar-refractivity contribution in [2.75, 3.05) is 25.5 Å². The standard InChI is InChI=1S/C67H137NO3S/c1-4-7-10-13-16-19-22-25-28-31-34-37-40-43-46-49-52-55-58-61-64-68(67-72(69,70)71,65-62-59-56-53-50-47-44-41-38-35-32-29-26-23-20-17-14-11-8-5-2)66-63-60-57-54-51-48-45-42-39-36-33-30-27-24-21-18-15-12-9-6-3/h4-67H2,1-3H3/p+1. The summed E-state index contributed by atoms with van der Waals surface area (Å²) in [5.74, 6) is -0.0790. The van der Waals surface area contributed by atoms with Crippen molar-refractivity contribution in [2.24, 2.45) is 0 Å². The minimum absolute atomic E-state index is 0.0790. The Labute approximate surface area is 456 Å². The first kappa shape index (κ1) is 71.9. The van der Waals surface area contributed by atoms with Gasteiger partial charge in [0.05, 0.1) is 19.6 Å². The van der Waals surface area contributed by atoms with E-state index in [9.17, 15) is 13.0 Å². The molecular weight excluding hydrogens is 899 g/mol. The zero-order chi connectivity index (χ0) is 52.3. The Balaban J connectivity index is 4.47. The Kier molecular flexibility index (Phi) is 60.0. The summed E-state index contributed by atoms with van der Waals surface area (Å²) in [5, 5.41) is 0. The average Bonchev–Trinajstić information content (AvgIpc) is 3.36. The fourth-order valence-corrected chi connectivity index (χ4v) is 13.1. The van der Waals surface area contributed by atoms with Crippen LogP contribution < -0.4 is 0 Å². The van der Waals surface area contributed by atoms with E-state index in [0.717, 1.165) is 38.9 Å². The van der Waals surface area contributed by atoms with Gasteiger partial charge in [0.25, 0.3) is 0 Å². The molecule has 5 heteroatoms. The van der Waals surface area contributed by atoms with Crippen LogP contribution in [0.25, 0.3) is 0 Å². The number of rotatable bonds is 65. The Morgan fingerprint density at radius 3 is 0.431 bits per heavy atom. The Hall–Kier alpha value is -0.130. The highest BCUT2D eigenvalue weighted by atomic mass is 32.2. The van der Waals surface area contributed by atoms with Crippen molar-refractivity contribution in [1.29, 1.82) is 0 Å². The molecule has 0 radical (unpaired) electrons. The first-order chi connectivity index (χ1) is 35.4. The molecule has 0 aliphatic rings. The minimum Gasteiger partial charge on any atom is -0.309 e. The van der Waals surface area contributed by atoms with Crippen molar-refractivity contribution in [3.63, 3.8) is 0 Å². The number of hydrogen-bond donors (Lipinski definition) is 1. The maximum atomic E-state index is 12.6. The van der Waals surface area contributed by atoms with E-state index in [1.807, 2.05) is 0 Å². The highest BCUT2D eigenvalue weighted by Gasteiger charge is 2.31. The average molecular weight is 1040 g/mol. The van der Waals surface area contributed by atoms with Gasteiger partial charge in [-0.05, 0) is 38.5 Å². The first-order valence-electron chi connectivity index (χ1n) is 34.2. The van der Waals surface area contributed by atoms with Crippen LogP contribution in [0.5, 0.6) is 0 Å². The lowest BCUT2D eigenvalue weighted by molar-refractivity contribution is -0.918. The van der Waals surface area contributed by atoms with Gasteiger partial charge >= 0.3 is 10.1 Å². The van der Waals surface area contributed by atoms with Crippen LogP contribution in [0.15, 0.2) is 0 Å². The van der Waals surface area contributed by atoms with Crippen LogP contribution in [0.4, 0.5) is 0 Å². The highest BCUT2D eigenvalue weighted by molar-refractivity contribution is 7.85. The molecule has 0 rings (SSSR count). The number of unbranched alkanes of at least 4 members (excludes halogenated alkanes) is 57. The second-order valence-electron chi connectivity index (χ2n) is 24.4. The van der Waals surface area contributed by atoms with Gasteiger partial charge in [-0.2, -0.15) is 8.42 Å². The van der Waals surface area contributed by atoms with Gasteiger partial charge in [-0.1, -0.05) is 367 Å². The van der Waals surface area contributed by atoms with Gasteiger partial charge in [0.1, 0.15) is 0 Å². The molecule has 0 aromatic rings. The topological polar surface area (TPSA) is 54.4 Å². The fourth-order valence-electron chi connectivity index (χ4n) is 12.0. The summed E-state index contributed by atoms with van der Waals surface area (Å²) in [6.07, 6.45) is 82.8. The molecule has 72 heavy (non-hydrogen) atoms. The van der Waals surface area contributed by atoms with Gasteiger partial charge in [0.2, 0.25) is 5.88 Å². The van der Waals surface area contributed by atoms with Crippen LogP contribution in [0, 0.1) is 0 Å². The minimum atomic E-state index is -4.04. The molecule has 0 saturated carbocycles. The highest BCUT2D eigenvalue weighted by Crippen LogP contribution is 2.22. The lowest BCUT2D eigenvalue weighted by Crippen LogP contribution is -2.53. The van der Waals surface area contributed by atoms with Crippen molar-refractivity contribution >= 4 is 10.1 Å². The number of nitrogens with zero attached hydrogens (tertiary/aromatic N) is 1. The summed E-state index contributed by atoms with van der Waals surface area (Å²) in [6.45, 7) is 9.65. The Morgan fingerprint density at radius 2 is 0.319 bits per heavy atom. The van der Waals surface area contributed by atoms with Crippen molar-refractivity contribution in [3.05, 3.63) is 0 Å². The molecule has 434 valence electrons. The molecular formula is C67H138NO3S+. The Bertz CT molecular complexity index is 987. The summed E-state index contributed by atoms with van der Waals surface area (Å²) < 4.78 is 36.1. The quantitative estimate of drug-likeness (QED) is 0.0375. The van der Waals surface area contributed by atoms with Crippen LogP contribution in [0.1, 0.15) is 406 Å². The van der Waals surface area contributed by atoms with E-state index in [1.54, 1.807) is 0 Å². The molecule has 0 heterocycles. The van der Waals surface area contributed by atoms with E-state index in [-0.39, 0.29) is 5.88 Å². The molecule has 0 fully saturated rings. The zero-order valence-corrected chi connectivity index (χ0v) is 51.2. The third-order valence-electron chi connectivity index (χ3n) is 16.9. The maximum Gasteiger partial charge on any atom is 0.316 e. The molecule has 0 aromatic carbocycles. The van der Waals surface area contributed by atoms with Gasteiger partial charge in [-0.15, -0.1) is 0 Å². The smallest absolute Gasteiger partial charge is 0.309 e. The first-order valence-corrected chi connectivity index (χ1v) is 35.8. The van der Waals surface area contributed by atoms with Crippen LogP contribution >= 0.6 is 0 Å². The summed E-state index contributed by atoms with van der Waals surface area (Å²) in [5.41, 5.74) is 0. The zero-order valence-electron chi connectivity index (χ0n) is 50.4. The SMILES string of the molecule is CCCCCCCCCCCCCCCCCCCCCC[N+](CCCCCCCCCCCCCCCCCCCCCC)(CCCCCCCCCCCCCCCCCCCCCC)CS(=O)(=O)O. The predicted molar refractivity (Wildman–Crippen MR) is 325 cm³/mol. The van der Waals surface area contributed by atoms with Crippen LogP contribution in [-0.4, -0.2) is 43.0 Å². The Morgan fingerprint density at radius 1 is 0.208 bits per heavy atom. The fraction of sp³-hybridized carbons (Fsp3) is 1.00. The third-order valence-corrected chi connectivity index (χ3v) is 17.8. The molecule has 0 saturated heterocycles. The molecule has 0 aliphatic carbocycles. The van der Waals surface area contributed by atoms with E-state index in [4.69, 9.17) is 0 Å². The van der Waals surface area contributed by atoms with Crippen LogP contribution in [-0.2, 0) is 10.1 Å². The summed E-state index contributed by atoms with van der Waals surface area (Å²) in [4.78, 5) is 0. The van der Waals surface area contributed by atoms with Crippen molar-refractivity contribution in [3.8, 4) is 0 Å². The second-order valence-corrected chi connectivity index (χ2v) is 25.8. The molecule has 1 N–H and O–H groups in total. The molecule has 0 bridgehead atoms. The molecule has 0 aromatic heterocycles. The molecule has 4 nitrogen and oxygen atoms in total. The largest absolute Gasteiger partial charge is 0.316 e. The molecule has 0 spiro atoms. The van der Waals surface area contributed by atoms with Gasteiger partial charge in [0.15, 0.2) is 0 Å². The van der Waals surface area contributed by atoms with Crippen molar-refractivity contribution in [2.45, 2.75) is 406 Å². The number of hydrogen-bond acceptors (Lipinski definition) is 2. The number of quaternary nitrogens is 1. The lowest BCUT2D eigenvalue weighted by Gasteiger charge is -2.38. The lowest BCUT2D eigenvalue weighted by atomic mass is 10.0. The van der Waals surface area contributed by atoms with Crippen LogP contribution in [0.3, 0.4) is 0 Å². The van der Waals surface area contributed by atoms with E-state index in [0.29, 0.717) is 4.48 Å². The third kappa shape index (κ3) is 59.1. The second kappa shape index (κ2) is 60.1. The van der Waals surface area contributed by atoms with E-state index < -0.39 is 10.1 Å². The molecule has 0 aliphatic heterocycles. The summed E-state index contributed by atoms with van der Waals surface area (Å²) in [7, 11) is -4.04. The van der Waals surface area contributed by atoms with Crippen molar-refractivity contribution in [1.82, 2.24) is 0 Å². The van der Waals surface area contributed by atoms with Gasteiger partial charge in [-0.25, -0.2) is 0 Å². The van der Waals surface area contributed by atoms with Gasteiger partial charge in [-0.3, -0.25) is 4.55 Å². The van der Waals surface area contributed by atoms with Crippen LogP contribution in [0.2, 0.25) is 0 Å². The summed E-state index contributed by atoms with van der Waals surface area (Å²) in [6, 6.07) is 0. The van der Waals surface area contributed by atoms with E-state index in [2.05, 4.69) is 20.8 Å². The molecule has 0 amide bonds. The van der Waals surface area contributed by atoms with Crippen molar-refractivity contribution < 1.29 is 17.5 Å². The monoisotopic (exact) mass is 1040 g/mol. The molecule has 0 unspecified atom stereocenters. The van der Waals surface area contributed by atoms with E-state index >= 15 is 0 Å². The maximum absolute atomic E-state index is 12.6. The molecule has 0 atom stereocenters. The van der Waals surface area contributed by atoms with Gasteiger partial charge < -0.3 is 4.48 Å². The predicted octanol–water partition coefficient (Wildman–Crippen LogP) is 24.1. The normalized spacial score (nSPS) is 12.2. The van der Waals surface area contributed by atoms with E-state index in [1.165, 1.54) is 366 Å².